The molecule has 1 N–H and O–H groups in total. The second kappa shape index (κ2) is 9.41. The number of likely N-dealkylation sites (tertiary alicyclic amines) is 1. The summed E-state index contributed by atoms with van der Waals surface area (Å²) in [6, 6.07) is 10.3. The average Bonchev–Trinajstić information content (AvgIpc) is 3.48. The molecule has 2 aromatic rings. The third-order valence-electron chi connectivity index (χ3n) is 6.17. The van der Waals surface area contributed by atoms with Crippen LogP contribution in [0.4, 0.5) is 5.69 Å². The Labute approximate surface area is 197 Å². The minimum absolute atomic E-state index is 0.277. The molecular weight excluding hydrogens is 471 g/mol. The van der Waals surface area contributed by atoms with Crippen molar-refractivity contribution < 1.29 is 18.0 Å². The average molecular weight is 495 g/mol. The Morgan fingerprint density at radius 2 is 1.59 bits per heavy atom. The first-order chi connectivity index (χ1) is 15.3. The van der Waals surface area contributed by atoms with E-state index >= 15 is 0 Å². The summed E-state index contributed by atoms with van der Waals surface area (Å²) in [7, 11) is -3.34. The molecule has 1 saturated heterocycles. The number of rotatable bonds is 5. The van der Waals surface area contributed by atoms with Crippen LogP contribution in [0.1, 0.15) is 48.9 Å². The van der Waals surface area contributed by atoms with Crippen LogP contribution < -0.4 is 5.32 Å². The van der Waals surface area contributed by atoms with Gasteiger partial charge in [0.25, 0.3) is 5.91 Å². The monoisotopic (exact) mass is 494 g/mol. The zero-order chi connectivity index (χ0) is 22.9. The highest BCUT2D eigenvalue weighted by Gasteiger charge is 2.35. The molecule has 2 aliphatic rings. The fourth-order valence-electron chi connectivity index (χ4n) is 4.42. The Hall–Kier alpha value is -2.09. The second-order valence-corrected chi connectivity index (χ2v) is 11.3. The van der Waals surface area contributed by atoms with E-state index < -0.39 is 15.9 Å². The van der Waals surface area contributed by atoms with Gasteiger partial charge in [-0.05, 0) is 68.1 Å². The van der Waals surface area contributed by atoms with E-state index in [4.69, 9.17) is 23.2 Å². The minimum Gasteiger partial charge on any atom is -0.327 e. The van der Waals surface area contributed by atoms with E-state index in [9.17, 15) is 18.0 Å². The number of halogens is 2. The molecule has 4 rings (SSSR count). The van der Waals surface area contributed by atoms with Gasteiger partial charge in [0.15, 0.2) is 9.84 Å². The number of nitrogens with one attached hydrogen (secondary N) is 1. The van der Waals surface area contributed by atoms with Crippen LogP contribution in [0.2, 0.25) is 10.0 Å². The summed E-state index contributed by atoms with van der Waals surface area (Å²) < 4.78 is 25.5. The van der Waals surface area contributed by atoms with Crippen LogP contribution >= 0.6 is 23.2 Å². The topological polar surface area (TPSA) is 83.6 Å². The number of amides is 2. The molecule has 9 heteroatoms. The fourth-order valence-corrected chi connectivity index (χ4v) is 6.57. The summed E-state index contributed by atoms with van der Waals surface area (Å²) in [5.74, 6) is -0.582. The largest absolute Gasteiger partial charge is 0.327 e. The summed E-state index contributed by atoms with van der Waals surface area (Å²) in [5.41, 5.74) is 0.870. The lowest BCUT2D eigenvalue weighted by atomic mass is 10.1. The van der Waals surface area contributed by atoms with Crippen LogP contribution in [0.3, 0.4) is 0 Å². The van der Waals surface area contributed by atoms with Crippen LogP contribution in [0.25, 0.3) is 0 Å². The zero-order valence-corrected chi connectivity index (χ0v) is 19.7. The quantitative estimate of drug-likeness (QED) is 0.636. The number of hydrogen-bond donors (Lipinski definition) is 1. The molecule has 1 aliphatic carbocycles. The van der Waals surface area contributed by atoms with Crippen molar-refractivity contribution in [3.05, 3.63) is 58.1 Å². The molecule has 1 unspecified atom stereocenters. The molecule has 6 nitrogen and oxygen atoms in total. The van der Waals surface area contributed by atoms with Crippen molar-refractivity contribution >= 4 is 50.5 Å². The van der Waals surface area contributed by atoms with Crippen LogP contribution in [0.5, 0.6) is 0 Å². The Morgan fingerprint density at radius 1 is 0.906 bits per heavy atom. The Balaban J connectivity index is 1.44. The maximum Gasteiger partial charge on any atom is 0.254 e. The fraction of sp³-hybridized carbons (Fsp3) is 0.391. The van der Waals surface area contributed by atoms with Gasteiger partial charge in [0.05, 0.1) is 20.2 Å². The van der Waals surface area contributed by atoms with Gasteiger partial charge in [-0.15, -0.1) is 0 Å². The highest BCUT2D eigenvalue weighted by atomic mass is 35.5. The maximum absolute atomic E-state index is 12.9. The predicted octanol–water partition coefficient (Wildman–Crippen LogP) is 4.95. The summed E-state index contributed by atoms with van der Waals surface area (Å²) in [5, 5.41) is 3.14. The van der Waals surface area contributed by atoms with Gasteiger partial charge in [-0.2, -0.15) is 0 Å². The van der Waals surface area contributed by atoms with Crippen LogP contribution in [-0.4, -0.2) is 43.0 Å². The SMILES string of the molecule is O=C(Nc1ccc(S(=O)(=O)C2CCCC2)cc1)C1CCCN1C(=O)c1ccc(Cl)c(Cl)c1. The Bertz CT molecular complexity index is 1130. The molecule has 0 spiro atoms. The number of hydrogen-bond acceptors (Lipinski definition) is 4. The van der Waals surface area contributed by atoms with Crippen molar-refractivity contribution in [1.82, 2.24) is 4.90 Å². The van der Waals surface area contributed by atoms with Crippen molar-refractivity contribution in [1.29, 1.82) is 0 Å². The third-order valence-corrected chi connectivity index (χ3v) is 9.19. The van der Waals surface area contributed by atoms with Crippen molar-refractivity contribution in [2.24, 2.45) is 0 Å². The summed E-state index contributed by atoms with van der Waals surface area (Å²) in [6.45, 7) is 0.468. The molecule has 0 bridgehead atoms. The number of benzene rings is 2. The third kappa shape index (κ3) is 4.65. The van der Waals surface area contributed by atoms with Gasteiger partial charge in [-0.1, -0.05) is 36.0 Å². The van der Waals surface area contributed by atoms with Crippen molar-refractivity contribution in [3.8, 4) is 0 Å². The first kappa shape index (κ1) is 23.1. The summed E-state index contributed by atoms with van der Waals surface area (Å²) in [4.78, 5) is 27.7. The lowest BCUT2D eigenvalue weighted by Gasteiger charge is -2.24. The van der Waals surface area contributed by atoms with Gasteiger partial charge < -0.3 is 10.2 Å². The number of nitrogens with zero attached hydrogens (tertiary/aromatic N) is 1. The van der Waals surface area contributed by atoms with Crippen LogP contribution in [-0.2, 0) is 14.6 Å². The number of carbonyl (C=O) groups excluding carboxylic acids is 2. The molecule has 32 heavy (non-hydrogen) atoms. The Kier molecular flexibility index (Phi) is 6.79. The highest BCUT2D eigenvalue weighted by Crippen LogP contribution is 2.30. The van der Waals surface area contributed by atoms with E-state index in [-0.39, 0.29) is 27.0 Å². The molecule has 0 radical (unpaired) electrons. The van der Waals surface area contributed by atoms with Gasteiger partial charge in [-0.3, -0.25) is 9.59 Å². The summed E-state index contributed by atoms with van der Waals surface area (Å²) >= 11 is 12.0. The van der Waals surface area contributed by atoms with E-state index in [2.05, 4.69) is 5.32 Å². The summed E-state index contributed by atoms with van der Waals surface area (Å²) in [6.07, 6.45) is 4.54. The standard InChI is InChI=1S/C23H24Cl2N2O4S/c24-19-12-7-15(14-20(19)25)23(29)27-13-3-6-21(27)22(28)26-16-8-10-18(11-9-16)32(30,31)17-4-1-2-5-17/h7-12,14,17,21H,1-6,13H2,(H,26,28). The molecule has 2 fully saturated rings. The van der Waals surface area contributed by atoms with Crippen molar-refractivity contribution in [2.75, 3.05) is 11.9 Å². The highest BCUT2D eigenvalue weighted by molar-refractivity contribution is 7.92. The number of carbonyl (C=O) groups is 2. The maximum atomic E-state index is 12.9. The van der Waals surface area contributed by atoms with E-state index in [1.54, 1.807) is 24.3 Å². The lowest BCUT2D eigenvalue weighted by molar-refractivity contribution is -0.119. The molecular formula is C23H24Cl2N2O4S. The number of anilines is 1. The van der Waals surface area contributed by atoms with E-state index in [1.807, 2.05) is 0 Å². The van der Waals surface area contributed by atoms with Crippen LogP contribution in [0.15, 0.2) is 47.4 Å². The van der Waals surface area contributed by atoms with Crippen LogP contribution in [0, 0.1) is 0 Å². The van der Waals surface area contributed by atoms with E-state index in [1.165, 1.54) is 23.1 Å². The van der Waals surface area contributed by atoms with Gasteiger partial charge in [-0.25, -0.2) is 8.42 Å². The number of sulfone groups is 1. The van der Waals surface area contributed by atoms with E-state index in [0.717, 1.165) is 12.8 Å². The van der Waals surface area contributed by atoms with Gasteiger partial charge in [0.2, 0.25) is 5.91 Å². The molecule has 2 aromatic carbocycles. The zero-order valence-electron chi connectivity index (χ0n) is 17.4. The minimum atomic E-state index is -3.34. The second-order valence-electron chi connectivity index (χ2n) is 8.25. The first-order valence-electron chi connectivity index (χ1n) is 10.7. The van der Waals surface area contributed by atoms with Gasteiger partial charge >= 0.3 is 0 Å². The van der Waals surface area contributed by atoms with Crippen molar-refractivity contribution in [3.63, 3.8) is 0 Å². The molecule has 170 valence electrons. The molecule has 1 heterocycles. The van der Waals surface area contributed by atoms with E-state index in [0.29, 0.717) is 48.5 Å². The molecule has 1 aliphatic heterocycles. The first-order valence-corrected chi connectivity index (χ1v) is 13.0. The van der Waals surface area contributed by atoms with Crippen molar-refractivity contribution in [2.45, 2.75) is 54.7 Å². The Morgan fingerprint density at radius 3 is 2.25 bits per heavy atom. The molecule has 0 aromatic heterocycles. The van der Waals surface area contributed by atoms with Gasteiger partial charge in [0.1, 0.15) is 6.04 Å². The smallest absolute Gasteiger partial charge is 0.254 e. The van der Waals surface area contributed by atoms with Gasteiger partial charge in [0, 0.05) is 17.8 Å². The normalized spacial score (nSPS) is 19.3. The predicted molar refractivity (Wildman–Crippen MR) is 125 cm³/mol. The lowest BCUT2D eigenvalue weighted by Crippen LogP contribution is -2.43. The molecule has 1 saturated carbocycles. The molecule has 1 atom stereocenters. The molecule has 2 amide bonds.